The number of fused-ring (bicyclic) bond motifs is 1. The maximum Gasteiger partial charge on any atom is 0.228 e. The molecule has 0 spiro atoms. The number of nitrogens with zero attached hydrogens (tertiary/aromatic N) is 2. The minimum Gasteiger partial charge on any atom is -0.337 e. The van der Waals surface area contributed by atoms with Gasteiger partial charge in [-0.1, -0.05) is 30.3 Å². The molecule has 1 fully saturated rings. The number of carbonyl (C=O) groups excluding carboxylic acids is 2. The number of aromatic nitrogens is 2. The lowest BCUT2D eigenvalue weighted by molar-refractivity contribution is -0.131. The Morgan fingerprint density at radius 2 is 2.04 bits per heavy atom. The van der Waals surface area contributed by atoms with Gasteiger partial charge >= 0.3 is 0 Å². The molecule has 2 N–H and O–H groups in total. The van der Waals surface area contributed by atoms with Crippen LogP contribution in [0.5, 0.6) is 0 Å². The summed E-state index contributed by atoms with van der Waals surface area (Å²) in [6, 6.07) is 9.76. The molecule has 6 nitrogen and oxygen atoms in total. The smallest absolute Gasteiger partial charge is 0.228 e. The first kappa shape index (κ1) is 14.9. The van der Waals surface area contributed by atoms with E-state index in [9.17, 15) is 9.59 Å². The first-order valence-electron chi connectivity index (χ1n) is 8.39. The summed E-state index contributed by atoms with van der Waals surface area (Å²) in [6.45, 7) is 1.18. The van der Waals surface area contributed by atoms with Crippen LogP contribution in [0.25, 0.3) is 0 Å². The summed E-state index contributed by atoms with van der Waals surface area (Å²) in [5.74, 6) is 0.862. The number of anilines is 1. The van der Waals surface area contributed by atoms with Crippen molar-refractivity contribution in [2.24, 2.45) is 5.92 Å². The number of aromatic amines is 1. The average Bonchev–Trinajstić information content (AvgIpc) is 3.38. The summed E-state index contributed by atoms with van der Waals surface area (Å²) < 4.78 is 0. The molecule has 4 rings (SSSR count). The number of amides is 2. The van der Waals surface area contributed by atoms with Gasteiger partial charge in [0.25, 0.3) is 0 Å². The van der Waals surface area contributed by atoms with E-state index in [0.29, 0.717) is 25.3 Å². The highest BCUT2D eigenvalue weighted by atomic mass is 16.2. The molecule has 2 heterocycles. The van der Waals surface area contributed by atoms with Crippen molar-refractivity contribution in [3.05, 3.63) is 47.2 Å². The highest BCUT2D eigenvalue weighted by Crippen LogP contribution is 2.31. The molecular formula is C18H20N4O2. The molecule has 1 aromatic heterocycles. The van der Waals surface area contributed by atoms with Crippen LogP contribution in [0.4, 0.5) is 5.82 Å². The van der Waals surface area contributed by atoms with Gasteiger partial charge in [0, 0.05) is 30.1 Å². The van der Waals surface area contributed by atoms with Crippen LogP contribution in [0.2, 0.25) is 0 Å². The van der Waals surface area contributed by atoms with E-state index in [1.165, 1.54) is 0 Å². The van der Waals surface area contributed by atoms with E-state index in [0.717, 1.165) is 36.1 Å². The lowest BCUT2D eigenvalue weighted by Gasteiger charge is -2.27. The Bertz CT molecular complexity index is 765. The van der Waals surface area contributed by atoms with Gasteiger partial charge in [-0.25, -0.2) is 0 Å². The number of carbonyl (C=O) groups is 2. The van der Waals surface area contributed by atoms with Crippen molar-refractivity contribution in [1.29, 1.82) is 0 Å². The van der Waals surface area contributed by atoms with Crippen LogP contribution >= 0.6 is 0 Å². The fraction of sp³-hybridized carbons (Fsp3) is 0.389. The number of rotatable bonds is 4. The maximum absolute atomic E-state index is 12.6. The van der Waals surface area contributed by atoms with Gasteiger partial charge in [0.1, 0.15) is 0 Å². The van der Waals surface area contributed by atoms with Gasteiger partial charge < -0.3 is 10.2 Å². The van der Waals surface area contributed by atoms with Crippen LogP contribution in [-0.2, 0) is 29.0 Å². The van der Waals surface area contributed by atoms with E-state index >= 15 is 0 Å². The van der Waals surface area contributed by atoms with Crippen LogP contribution in [-0.4, -0.2) is 33.5 Å². The molecule has 6 heteroatoms. The van der Waals surface area contributed by atoms with Gasteiger partial charge in [0.2, 0.25) is 11.8 Å². The topological polar surface area (TPSA) is 78.1 Å². The molecule has 24 heavy (non-hydrogen) atoms. The van der Waals surface area contributed by atoms with Crippen LogP contribution in [0.3, 0.4) is 0 Å². The minimum absolute atomic E-state index is 0.0389. The molecule has 1 saturated carbocycles. The Hall–Kier alpha value is -2.63. The lowest BCUT2D eigenvalue weighted by Crippen LogP contribution is -2.37. The van der Waals surface area contributed by atoms with E-state index < -0.39 is 0 Å². The quantitative estimate of drug-likeness (QED) is 0.901. The number of hydrogen-bond donors (Lipinski definition) is 2. The molecule has 1 aliphatic heterocycles. The monoisotopic (exact) mass is 324 g/mol. The second-order valence-electron chi connectivity index (χ2n) is 6.52. The molecule has 0 unspecified atom stereocenters. The zero-order chi connectivity index (χ0) is 16.5. The molecule has 2 amide bonds. The first-order valence-corrected chi connectivity index (χ1v) is 8.39. The summed E-state index contributed by atoms with van der Waals surface area (Å²) >= 11 is 0. The van der Waals surface area contributed by atoms with Crippen molar-refractivity contribution in [2.45, 2.75) is 32.2 Å². The van der Waals surface area contributed by atoms with Gasteiger partial charge in [-0.2, -0.15) is 5.10 Å². The molecule has 0 radical (unpaired) electrons. The molecule has 124 valence electrons. The summed E-state index contributed by atoms with van der Waals surface area (Å²) in [4.78, 5) is 26.4. The lowest BCUT2D eigenvalue weighted by atomic mass is 10.1. The predicted molar refractivity (Wildman–Crippen MR) is 89.2 cm³/mol. The number of benzene rings is 1. The van der Waals surface area contributed by atoms with Crippen molar-refractivity contribution < 1.29 is 9.59 Å². The molecule has 2 aromatic rings. The largest absolute Gasteiger partial charge is 0.337 e. The van der Waals surface area contributed by atoms with Crippen molar-refractivity contribution >= 4 is 17.6 Å². The summed E-state index contributed by atoms with van der Waals surface area (Å²) in [5.41, 5.74) is 2.98. The zero-order valence-electron chi connectivity index (χ0n) is 13.4. The fourth-order valence-electron chi connectivity index (χ4n) is 3.06. The van der Waals surface area contributed by atoms with Crippen molar-refractivity contribution in [2.75, 3.05) is 11.9 Å². The van der Waals surface area contributed by atoms with E-state index in [2.05, 4.69) is 15.5 Å². The third kappa shape index (κ3) is 3.04. The predicted octanol–water partition coefficient (Wildman–Crippen LogP) is 1.89. The van der Waals surface area contributed by atoms with E-state index in [-0.39, 0.29) is 17.7 Å². The highest BCUT2D eigenvalue weighted by Gasteiger charge is 2.32. The van der Waals surface area contributed by atoms with Gasteiger partial charge in [0.15, 0.2) is 5.82 Å². The Kier molecular flexibility index (Phi) is 3.80. The average molecular weight is 324 g/mol. The minimum atomic E-state index is 0.0389. The SMILES string of the molecule is O=C(Nc1n[nH]c2c1CN(C(=O)Cc1ccccc1)CC2)C1CC1. The molecule has 0 bridgehead atoms. The Morgan fingerprint density at radius 3 is 2.79 bits per heavy atom. The maximum atomic E-state index is 12.6. The molecule has 0 atom stereocenters. The summed E-state index contributed by atoms with van der Waals surface area (Å²) in [7, 11) is 0. The van der Waals surface area contributed by atoms with Gasteiger partial charge in [-0.15, -0.1) is 0 Å². The third-order valence-electron chi connectivity index (χ3n) is 4.67. The molecule has 1 aromatic carbocycles. The van der Waals surface area contributed by atoms with Crippen molar-refractivity contribution in [3.63, 3.8) is 0 Å². The van der Waals surface area contributed by atoms with Gasteiger partial charge in [-0.05, 0) is 18.4 Å². The molecule has 0 saturated heterocycles. The van der Waals surface area contributed by atoms with Crippen LogP contribution < -0.4 is 5.32 Å². The zero-order valence-corrected chi connectivity index (χ0v) is 13.4. The Morgan fingerprint density at radius 1 is 1.25 bits per heavy atom. The molecular weight excluding hydrogens is 304 g/mol. The van der Waals surface area contributed by atoms with Gasteiger partial charge in [-0.3, -0.25) is 14.7 Å². The highest BCUT2D eigenvalue weighted by molar-refractivity contribution is 5.94. The number of H-pyrrole nitrogens is 1. The number of hydrogen-bond acceptors (Lipinski definition) is 3. The Labute approximate surface area is 140 Å². The van der Waals surface area contributed by atoms with Crippen LogP contribution in [0, 0.1) is 5.92 Å². The summed E-state index contributed by atoms with van der Waals surface area (Å²) in [6.07, 6.45) is 3.06. The van der Waals surface area contributed by atoms with Crippen LogP contribution in [0.1, 0.15) is 29.7 Å². The standard InChI is InChI=1S/C18H20N4O2/c23-16(10-12-4-2-1-3-5-12)22-9-8-15-14(11-22)17(21-20-15)19-18(24)13-6-7-13/h1-5,13H,6-11H2,(H2,19,20,21,24). The normalized spacial score (nSPS) is 16.6. The van der Waals surface area contributed by atoms with Gasteiger partial charge in [0.05, 0.1) is 13.0 Å². The van der Waals surface area contributed by atoms with Crippen molar-refractivity contribution in [1.82, 2.24) is 15.1 Å². The number of nitrogens with one attached hydrogen (secondary N) is 2. The summed E-state index contributed by atoms with van der Waals surface area (Å²) in [5, 5.41) is 10.1. The molecule has 2 aliphatic rings. The second kappa shape index (κ2) is 6.11. The first-order chi connectivity index (χ1) is 11.7. The molecule has 1 aliphatic carbocycles. The van der Waals surface area contributed by atoms with E-state index in [1.54, 1.807) is 0 Å². The second-order valence-corrected chi connectivity index (χ2v) is 6.52. The van der Waals surface area contributed by atoms with E-state index in [4.69, 9.17) is 0 Å². The van der Waals surface area contributed by atoms with Crippen LogP contribution in [0.15, 0.2) is 30.3 Å². The van der Waals surface area contributed by atoms with E-state index in [1.807, 2.05) is 35.2 Å². The Balaban J connectivity index is 1.45. The van der Waals surface area contributed by atoms with Crippen molar-refractivity contribution in [3.8, 4) is 0 Å². The third-order valence-corrected chi connectivity index (χ3v) is 4.67. The fourth-order valence-corrected chi connectivity index (χ4v) is 3.06.